The Kier molecular flexibility index (Phi) is 3.19. The predicted molar refractivity (Wildman–Crippen MR) is 76.8 cm³/mol. The minimum atomic E-state index is -3.56. The third-order valence-electron chi connectivity index (χ3n) is 3.27. The summed E-state index contributed by atoms with van der Waals surface area (Å²) in [6.07, 6.45) is 1.58. The molecule has 0 saturated carbocycles. The summed E-state index contributed by atoms with van der Waals surface area (Å²) in [6, 6.07) is 8.57. The molecule has 1 aromatic carbocycles. The smallest absolute Gasteiger partial charge is 0.261 e. The van der Waals surface area contributed by atoms with E-state index in [2.05, 4.69) is 15.0 Å². The van der Waals surface area contributed by atoms with Gasteiger partial charge in [0.15, 0.2) is 0 Å². The SMILES string of the molecule is Cc1cc(NS(=O)(=O)c2ccc3c(c2)CNC3)ccn1. The summed E-state index contributed by atoms with van der Waals surface area (Å²) in [6.45, 7) is 3.33. The molecule has 3 rings (SSSR count). The Morgan fingerprint density at radius 2 is 1.95 bits per heavy atom. The monoisotopic (exact) mass is 289 g/mol. The molecule has 0 saturated heterocycles. The lowest BCUT2D eigenvalue weighted by Gasteiger charge is -2.09. The van der Waals surface area contributed by atoms with Crippen LogP contribution in [-0.4, -0.2) is 13.4 Å². The molecule has 2 heterocycles. The predicted octanol–water partition coefficient (Wildman–Crippen LogP) is 1.79. The maximum absolute atomic E-state index is 12.4. The standard InChI is InChI=1S/C14H15N3O2S/c1-10-6-13(4-5-16-10)17-20(18,19)14-3-2-11-8-15-9-12(11)7-14/h2-7,15H,8-9H2,1H3,(H,16,17). The van der Waals surface area contributed by atoms with Gasteiger partial charge in [-0.2, -0.15) is 0 Å². The second-order valence-corrected chi connectivity index (χ2v) is 6.51. The zero-order valence-corrected chi connectivity index (χ0v) is 11.9. The highest BCUT2D eigenvalue weighted by Crippen LogP contribution is 2.22. The molecule has 0 atom stereocenters. The number of rotatable bonds is 3. The van der Waals surface area contributed by atoms with Crippen molar-refractivity contribution in [1.29, 1.82) is 0 Å². The van der Waals surface area contributed by atoms with Gasteiger partial charge >= 0.3 is 0 Å². The maximum atomic E-state index is 12.4. The third-order valence-corrected chi connectivity index (χ3v) is 4.65. The average molecular weight is 289 g/mol. The van der Waals surface area contributed by atoms with Gasteiger partial charge in [0.1, 0.15) is 0 Å². The van der Waals surface area contributed by atoms with Gasteiger partial charge in [0, 0.05) is 25.0 Å². The second kappa shape index (κ2) is 4.88. The second-order valence-electron chi connectivity index (χ2n) is 4.83. The van der Waals surface area contributed by atoms with Crippen LogP contribution in [0.15, 0.2) is 41.4 Å². The summed E-state index contributed by atoms with van der Waals surface area (Å²) in [7, 11) is -3.56. The van der Waals surface area contributed by atoms with Crippen LogP contribution in [0.4, 0.5) is 5.69 Å². The maximum Gasteiger partial charge on any atom is 0.261 e. The van der Waals surface area contributed by atoms with E-state index in [9.17, 15) is 8.42 Å². The quantitative estimate of drug-likeness (QED) is 0.904. The van der Waals surface area contributed by atoms with Gasteiger partial charge in [-0.15, -0.1) is 0 Å². The first-order valence-electron chi connectivity index (χ1n) is 6.32. The topological polar surface area (TPSA) is 71.1 Å². The van der Waals surface area contributed by atoms with Crippen molar-refractivity contribution in [2.45, 2.75) is 24.9 Å². The number of fused-ring (bicyclic) bond motifs is 1. The summed E-state index contributed by atoms with van der Waals surface area (Å²) in [5.74, 6) is 0. The molecule has 1 aromatic heterocycles. The number of hydrogen-bond acceptors (Lipinski definition) is 4. The van der Waals surface area contributed by atoms with Crippen molar-refractivity contribution < 1.29 is 8.42 Å². The highest BCUT2D eigenvalue weighted by Gasteiger charge is 2.18. The number of sulfonamides is 1. The van der Waals surface area contributed by atoms with E-state index in [1.165, 1.54) is 0 Å². The molecule has 6 heteroatoms. The molecule has 104 valence electrons. The number of pyridine rings is 1. The fourth-order valence-corrected chi connectivity index (χ4v) is 3.36. The first-order valence-corrected chi connectivity index (χ1v) is 7.81. The fourth-order valence-electron chi connectivity index (χ4n) is 2.26. The molecule has 2 N–H and O–H groups in total. The molecule has 0 unspecified atom stereocenters. The number of aromatic nitrogens is 1. The van der Waals surface area contributed by atoms with E-state index in [4.69, 9.17) is 0 Å². The lowest BCUT2D eigenvalue weighted by Crippen LogP contribution is -2.13. The van der Waals surface area contributed by atoms with Gasteiger partial charge in [-0.3, -0.25) is 9.71 Å². The Hall–Kier alpha value is -1.92. The largest absolute Gasteiger partial charge is 0.309 e. The van der Waals surface area contributed by atoms with Crippen LogP contribution in [0.3, 0.4) is 0 Å². The molecular formula is C14H15N3O2S. The Balaban J connectivity index is 1.92. The molecule has 1 aliphatic heterocycles. The number of anilines is 1. The molecule has 2 aromatic rings. The van der Waals surface area contributed by atoms with Gasteiger partial charge < -0.3 is 5.32 Å². The zero-order valence-electron chi connectivity index (χ0n) is 11.1. The van der Waals surface area contributed by atoms with Crippen LogP contribution in [0.25, 0.3) is 0 Å². The summed E-state index contributed by atoms with van der Waals surface area (Å²) >= 11 is 0. The summed E-state index contributed by atoms with van der Waals surface area (Å²) in [4.78, 5) is 4.33. The minimum absolute atomic E-state index is 0.286. The van der Waals surface area contributed by atoms with Crippen molar-refractivity contribution in [1.82, 2.24) is 10.3 Å². The van der Waals surface area contributed by atoms with Gasteiger partial charge in [-0.25, -0.2) is 8.42 Å². The van der Waals surface area contributed by atoms with Crippen molar-refractivity contribution in [3.8, 4) is 0 Å². The molecule has 0 fully saturated rings. The molecule has 1 aliphatic rings. The van der Waals surface area contributed by atoms with Crippen LogP contribution < -0.4 is 10.0 Å². The van der Waals surface area contributed by atoms with Crippen LogP contribution in [0.2, 0.25) is 0 Å². The number of nitrogens with one attached hydrogen (secondary N) is 2. The molecule has 0 bridgehead atoms. The van der Waals surface area contributed by atoms with Crippen LogP contribution in [-0.2, 0) is 23.1 Å². The van der Waals surface area contributed by atoms with E-state index in [0.717, 1.165) is 23.4 Å². The fraction of sp³-hybridized carbons (Fsp3) is 0.214. The highest BCUT2D eigenvalue weighted by molar-refractivity contribution is 7.92. The van der Waals surface area contributed by atoms with E-state index >= 15 is 0 Å². The molecule has 0 radical (unpaired) electrons. The van der Waals surface area contributed by atoms with Crippen molar-refractivity contribution in [2.75, 3.05) is 4.72 Å². The van der Waals surface area contributed by atoms with E-state index in [1.54, 1.807) is 30.5 Å². The lowest BCUT2D eigenvalue weighted by molar-refractivity contribution is 0.601. The van der Waals surface area contributed by atoms with E-state index < -0.39 is 10.0 Å². The number of benzene rings is 1. The van der Waals surface area contributed by atoms with E-state index in [0.29, 0.717) is 12.2 Å². The summed E-state index contributed by atoms with van der Waals surface area (Å²) < 4.78 is 27.3. The van der Waals surface area contributed by atoms with Gasteiger partial charge in [0.25, 0.3) is 10.0 Å². The molecular weight excluding hydrogens is 274 g/mol. The van der Waals surface area contributed by atoms with Crippen molar-refractivity contribution in [2.24, 2.45) is 0 Å². The third kappa shape index (κ3) is 2.52. The van der Waals surface area contributed by atoms with Gasteiger partial charge in [-0.1, -0.05) is 6.07 Å². The number of nitrogens with zero attached hydrogens (tertiary/aromatic N) is 1. The van der Waals surface area contributed by atoms with Crippen LogP contribution in [0.1, 0.15) is 16.8 Å². The molecule has 20 heavy (non-hydrogen) atoms. The summed E-state index contributed by atoms with van der Waals surface area (Å²) in [5, 5.41) is 3.20. The molecule has 0 spiro atoms. The summed E-state index contributed by atoms with van der Waals surface area (Å²) in [5.41, 5.74) is 3.49. The van der Waals surface area contributed by atoms with E-state index in [-0.39, 0.29) is 4.90 Å². The Morgan fingerprint density at radius 3 is 2.75 bits per heavy atom. The normalized spacial score (nSPS) is 14.1. The van der Waals surface area contributed by atoms with Crippen molar-refractivity contribution in [3.05, 3.63) is 53.3 Å². The van der Waals surface area contributed by atoms with Gasteiger partial charge in [0.05, 0.1) is 10.6 Å². The van der Waals surface area contributed by atoms with Crippen molar-refractivity contribution >= 4 is 15.7 Å². The van der Waals surface area contributed by atoms with Crippen molar-refractivity contribution in [3.63, 3.8) is 0 Å². The van der Waals surface area contributed by atoms with E-state index in [1.807, 2.05) is 13.0 Å². The molecule has 5 nitrogen and oxygen atoms in total. The van der Waals surface area contributed by atoms with Crippen LogP contribution in [0, 0.1) is 6.92 Å². The van der Waals surface area contributed by atoms with Crippen LogP contribution in [0.5, 0.6) is 0 Å². The van der Waals surface area contributed by atoms with Crippen LogP contribution >= 0.6 is 0 Å². The number of hydrogen-bond donors (Lipinski definition) is 2. The Bertz CT molecular complexity index is 757. The molecule has 0 aliphatic carbocycles. The Morgan fingerprint density at radius 1 is 1.15 bits per heavy atom. The first kappa shape index (κ1) is 13.1. The zero-order chi connectivity index (χ0) is 14.2. The molecule has 0 amide bonds. The number of aryl methyl sites for hydroxylation is 1. The highest BCUT2D eigenvalue weighted by atomic mass is 32.2. The van der Waals surface area contributed by atoms with Gasteiger partial charge in [-0.05, 0) is 42.3 Å². The lowest BCUT2D eigenvalue weighted by atomic mass is 10.1. The van der Waals surface area contributed by atoms with Gasteiger partial charge in [0.2, 0.25) is 0 Å². The Labute approximate surface area is 118 Å². The minimum Gasteiger partial charge on any atom is -0.309 e. The first-order chi connectivity index (χ1) is 9.54. The average Bonchev–Trinajstić information content (AvgIpc) is 2.85.